The van der Waals surface area contributed by atoms with Crippen LogP contribution in [0.1, 0.15) is 13.3 Å². The molecule has 2 aliphatic rings. The van der Waals surface area contributed by atoms with Gasteiger partial charge in [0.2, 0.25) is 5.91 Å². The van der Waals surface area contributed by atoms with Crippen molar-refractivity contribution in [2.75, 3.05) is 31.3 Å². The third-order valence-electron chi connectivity index (χ3n) is 2.78. The first-order chi connectivity index (χ1) is 7.27. The Hall–Kier alpha value is 0.0300. The van der Waals surface area contributed by atoms with Gasteiger partial charge in [0.05, 0.1) is 12.1 Å². The molecule has 0 radical (unpaired) electrons. The van der Waals surface area contributed by atoms with E-state index in [-0.39, 0.29) is 30.5 Å². The van der Waals surface area contributed by atoms with Gasteiger partial charge in [0.15, 0.2) is 0 Å². The Morgan fingerprint density at radius 3 is 3.06 bits per heavy atom. The highest BCUT2D eigenvalue weighted by Crippen LogP contribution is 2.14. The van der Waals surface area contributed by atoms with Gasteiger partial charge in [-0.05, 0) is 13.3 Å². The highest BCUT2D eigenvalue weighted by molar-refractivity contribution is 7.99. The molecule has 2 saturated heterocycles. The van der Waals surface area contributed by atoms with E-state index in [4.69, 9.17) is 4.74 Å². The second kappa shape index (κ2) is 6.69. The smallest absolute Gasteiger partial charge is 0.240 e. The average Bonchev–Trinajstić information content (AvgIpc) is 2.67. The summed E-state index contributed by atoms with van der Waals surface area (Å²) in [5.74, 6) is 2.05. The number of thioether (sulfide) groups is 1. The number of hydrogen-bond donors (Lipinski definition) is 1. The molecule has 0 bridgehead atoms. The maximum atomic E-state index is 12.1. The quantitative estimate of drug-likeness (QED) is 0.759. The number of carbonyl (C=O) groups excluding carboxylic acids is 1. The van der Waals surface area contributed by atoms with Gasteiger partial charge in [-0.1, -0.05) is 0 Å². The summed E-state index contributed by atoms with van der Waals surface area (Å²) in [6.45, 7) is 4.38. The molecule has 1 unspecified atom stereocenters. The zero-order valence-electron chi connectivity index (χ0n) is 9.48. The van der Waals surface area contributed by atoms with Crippen LogP contribution in [0.2, 0.25) is 0 Å². The predicted octanol–water partition coefficient (Wildman–Crippen LogP) is 0.708. The van der Waals surface area contributed by atoms with E-state index >= 15 is 0 Å². The minimum atomic E-state index is 0. The summed E-state index contributed by atoms with van der Waals surface area (Å²) < 4.78 is 5.53. The molecule has 0 aromatic rings. The van der Waals surface area contributed by atoms with Crippen molar-refractivity contribution in [3.63, 3.8) is 0 Å². The van der Waals surface area contributed by atoms with Crippen molar-refractivity contribution in [1.29, 1.82) is 0 Å². The van der Waals surface area contributed by atoms with Gasteiger partial charge in [-0.25, -0.2) is 0 Å². The lowest BCUT2D eigenvalue weighted by molar-refractivity contribution is -0.133. The summed E-state index contributed by atoms with van der Waals surface area (Å²) in [4.78, 5) is 14.0. The summed E-state index contributed by atoms with van der Waals surface area (Å²) in [5.41, 5.74) is 0. The van der Waals surface area contributed by atoms with Crippen LogP contribution in [-0.2, 0) is 9.53 Å². The molecule has 2 rings (SSSR count). The van der Waals surface area contributed by atoms with E-state index in [1.807, 2.05) is 11.8 Å². The van der Waals surface area contributed by atoms with E-state index in [1.54, 1.807) is 11.8 Å². The topological polar surface area (TPSA) is 41.6 Å². The number of rotatable bonds is 1. The highest BCUT2D eigenvalue weighted by Gasteiger charge is 2.28. The van der Waals surface area contributed by atoms with Gasteiger partial charge in [-0.15, -0.1) is 24.2 Å². The minimum Gasteiger partial charge on any atom is -0.377 e. The van der Waals surface area contributed by atoms with Crippen molar-refractivity contribution in [2.24, 2.45) is 0 Å². The number of halogens is 1. The molecule has 16 heavy (non-hydrogen) atoms. The number of ether oxygens (including phenoxy) is 1. The first kappa shape index (κ1) is 14.1. The first-order valence-corrected chi connectivity index (χ1v) is 6.64. The summed E-state index contributed by atoms with van der Waals surface area (Å²) in [5, 5.41) is 3.22. The van der Waals surface area contributed by atoms with E-state index in [9.17, 15) is 4.79 Å². The molecular formula is C10H19ClN2O2S. The predicted molar refractivity (Wildman–Crippen MR) is 68.1 cm³/mol. The molecule has 94 valence electrons. The largest absolute Gasteiger partial charge is 0.377 e. The molecule has 2 heterocycles. The molecule has 0 aliphatic carbocycles. The van der Waals surface area contributed by atoms with E-state index < -0.39 is 0 Å². The van der Waals surface area contributed by atoms with Gasteiger partial charge >= 0.3 is 0 Å². The van der Waals surface area contributed by atoms with Gasteiger partial charge < -0.3 is 9.64 Å². The van der Waals surface area contributed by atoms with Crippen LogP contribution in [0.5, 0.6) is 0 Å². The molecule has 2 aliphatic heterocycles. The Balaban J connectivity index is 0.00000128. The zero-order valence-corrected chi connectivity index (χ0v) is 11.1. The summed E-state index contributed by atoms with van der Waals surface area (Å²) >= 11 is 1.79. The van der Waals surface area contributed by atoms with Crippen LogP contribution in [0.4, 0.5) is 0 Å². The van der Waals surface area contributed by atoms with Crippen molar-refractivity contribution in [3.05, 3.63) is 0 Å². The monoisotopic (exact) mass is 266 g/mol. The van der Waals surface area contributed by atoms with Crippen LogP contribution >= 0.6 is 24.2 Å². The minimum absolute atomic E-state index is 0. The summed E-state index contributed by atoms with van der Waals surface area (Å²) in [6.07, 6.45) is 1.13. The van der Waals surface area contributed by atoms with Crippen LogP contribution < -0.4 is 5.32 Å². The molecule has 0 saturated carbocycles. The third-order valence-corrected chi connectivity index (χ3v) is 3.72. The van der Waals surface area contributed by atoms with Crippen LogP contribution in [0, 0.1) is 0 Å². The lowest BCUT2D eigenvalue weighted by Gasteiger charge is -2.24. The molecule has 1 N–H and O–H groups in total. The van der Waals surface area contributed by atoms with Gasteiger partial charge in [0.25, 0.3) is 0 Å². The molecule has 4 nitrogen and oxygen atoms in total. The van der Waals surface area contributed by atoms with Crippen LogP contribution in [0.25, 0.3) is 0 Å². The summed E-state index contributed by atoms with van der Waals surface area (Å²) in [6, 6.07) is 0.0281. The van der Waals surface area contributed by atoms with E-state index in [0.29, 0.717) is 0 Å². The van der Waals surface area contributed by atoms with Crippen molar-refractivity contribution >= 4 is 30.1 Å². The van der Waals surface area contributed by atoms with E-state index in [2.05, 4.69) is 5.32 Å². The fourth-order valence-electron chi connectivity index (χ4n) is 1.97. The Bertz CT molecular complexity index is 237. The normalized spacial score (nSPS) is 30.7. The molecular weight excluding hydrogens is 248 g/mol. The number of amides is 1. The van der Waals surface area contributed by atoms with Crippen LogP contribution in [0.3, 0.4) is 0 Å². The number of hydrogen-bond acceptors (Lipinski definition) is 4. The first-order valence-electron chi connectivity index (χ1n) is 5.49. The average molecular weight is 267 g/mol. The van der Waals surface area contributed by atoms with Gasteiger partial charge in [0.1, 0.15) is 0 Å². The highest BCUT2D eigenvalue weighted by atomic mass is 35.5. The molecule has 0 spiro atoms. The van der Waals surface area contributed by atoms with Crippen LogP contribution in [-0.4, -0.2) is 54.3 Å². The second-order valence-corrected chi connectivity index (χ2v) is 5.12. The van der Waals surface area contributed by atoms with Gasteiger partial charge in [0, 0.05) is 31.3 Å². The summed E-state index contributed by atoms with van der Waals surface area (Å²) in [7, 11) is 0. The molecule has 0 aromatic carbocycles. The maximum absolute atomic E-state index is 12.1. The lowest BCUT2D eigenvalue weighted by atomic mass is 10.2. The number of nitrogens with zero attached hydrogens (tertiary/aromatic N) is 1. The standard InChI is InChI=1S/C10H18N2O2S.ClH/c1-8-5-12(3-2-4-14-8)10(13)9-6-15-7-11-9;/h8-9,11H,2-7H2,1H3;1H/t8?,9-;/m1./s1. The third kappa shape index (κ3) is 3.52. The Morgan fingerprint density at radius 1 is 1.56 bits per heavy atom. The SMILES string of the molecule is CC1CN(C(=O)[C@H]2CSCN2)CCCO1.Cl. The van der Waals surface area contributed by atoms with Crippen molar-refractivity contribution in [2.45, 2.75) is 25.5 Å². The molecule has 2 fully saturated rings. The Morgan fingerprint density at radius 2 is 2.38 bits per heavy atom. The van der Waals surface area contributed by atoms with E-state index in [1.165, 1.54) is 0 Å². The van der Waals surface area contributed by atoms with Crippen LogP contribution in [0.15, 0.2) is 0 Å². The lowest BCUT2D eigenvalue weighted by Crippen LogP contribution is -2.46. The number of carbonyl (C=O) groups is 1. The van der Waals surface area contributed by atoms with Crippen molar-refractivity contribution in [1.82, 2.24) is 10.2 Å². The number of nitrogens with one attached hydrogen (secondary N) is 1. The fraction of sp³-hybridized carbons (Fsp3) is 0.900. The molecule has 1 amide bonds. The van der Waals surface area contributed by atoms with Crippen molar-refractivity contribution in [3.8, 4) is 0 Å². The van der Waals surface area contributed by atoms with E-state index in [0.717, 1.165) is 37.7 Å². The Kier molecular flexibility index (Phi) is 5.89. The molecule has 6 heteroatoms. The van der Waals surface area contributed by atoms with Gasteiger partial charge in [-0.2, -0.15) is 0 Å². The van der Waals surface area contributed by atoms with Crippen molar-refractivity contribution < 1.29 is 9.53 Å². The Labute approximate surface area is 107 Å². The molecule has 2 atom stereocenters. The maximum Gasteiger partial charge on any atom is 0.240 e. The second-order valence-electron chi connectivity index (χ2n) is 4.09. The fourth-order valence-corrected chi connectivity index (χ4v) is 2.90. The van der Waals surface area contributed by atoms with Gasteiger partial charge in [-0.3, -0.25) is 10.1 Å². The molecule has 0 aromatic heterocycles. The zero-order chi connectivity index (χ0) is 10.7.